The molecule has 1 aliphatic carbocycles. The number of carbonyl (C=O) groups excluding carboxylic acids is 3. The molecule has 0 bridgehead atoms. The zero-order chi connectivity index (χ0) is 16.2. The Labute approximate surface area is 130 Å². The molecule has 1 atom stereocenters. The van der Waals surface area contributed by atoms with Gasteiger partial charge in [-0.25, -0.2) is 4.79 Å². The highest BCUT2D eigenvalue weighted by Crippen LogP contribution is 2.32. The van der Waals surface area contributed by atoms with Crippen LogP contribution in [0, 0.1) is 0 Å². The number of hydrogen-bond donors (Lipinski definition) is 2. The van der Waals surface area contributed by atoms with Gasteiger partial charge in [-0.2, -0.15) is 0 Å². The standard InChI is InChI=1S/C15H25N3O4/c1-15(7-3-4-8-15)22-14(21)17-10-12(19)18-9-5-2-6-11(18)13(16)20/h11H,2-10H2,1H3,(H2,16,20)(H,17,21). The van der Waals surface area contributed by atoms with Crippen molar-refractivity contribution in [3.63, 3.8) is 0 Å². The largest absolute Gasteiger partial charge is 0.443 e. The molecule has 1 saturated heterocycles. The van der Waals surface area contributed by atoms with E-state index in [4.69, 9.17) is 10.5 Å². The lowest BCUT2D eigenvalue weighted by Crippen LogP contribution is -2.53. The fourth-order valence-corrected chi connectivity index (χ4v) is 3.26. The summed E-state index contributed by atoms with van der Waals surface area (Å²) in [6, 6.07) is -0.564. The highest BCUT2D eigenvalue weighted by molar-refractivity contribution is 5.88. The molecule has 1 aliphatic heterocycles. The maximum Gasteiger partial charge on any atom is 0.408 e. The summed E-state index contributed by atoms with van der Waals surface area (Å²) in [5.41, 5.74) is 4.91. The molecule has 7 nitrogen and oxygen atoms in total. The molecule has 7 heteroatoms. The number of ether oxygens (including phenoxy) is 1. The second-order valence-electron chi connectivity index (χ2n) is 6.40. The van der Waals surface area contributed by atoms with Crippen LogP contribution in [0.25, 0.3) is 0 Å². The van der Waals surface area contributed by atoms with Crippen molar-refractivity contribution < 1.29 is 19.1 Å². The van der Waals surface area contributed by atoms with Crippen LogP contribution in [0.1, 0.15) is 51.9 Å². The number of nitrogens with one attached hydrogen (secondary N) is 1. The van der Waals surface area contributed by atoms with Crippen molar-refractivity contribution in [1.82, 2.24) is 10.2 Å². The van der Waals surface area contributed by atoms with Crippen LogP contribution in [0.15, 0.2) is 0 Å². The van der Waals surface area contributed by atoms with E-state index >= 15 is 0 Å². The third-order valence-electron chi connectivity index (χ3n) is 4.54. The van der Waals surface area contributed by atoms with Gasteiger partial charge < -0.3 is 20.7 Å². The molecule has 0 aromatic rings. The summed E-state index contributed by atoms with van der Waals surface area (Å²) >= 11 is 0. The van der Waals surface area contributed by atoms with E-state index in [9.17, 15) is 14.4 Å². The average molecular weight is 311 g/mol. The van der Waals surface area contributed by atoms with Crippen molar-refractivity contribution in [1.29, 1.82) is 0 Å². The minimum absolute atomic E-state index is 0.168. The second kappa shape index (κ2) is 6.98. The molecule has 1 saturated carbocycles. The van der Waals surface area contributed by atoms with E-state index in [0.29, 0.717) is 13.0 Å². The Morgan fingerprint density at radius 3 is 2.55 bits per heavy atom. The first-order valence-electron chi connectivity index (χ1n) is 7.97. The zero-order valence-electron chi connectivity index (χ0n) is 13.1. The number of nitrogens with zero attached hydrogens (tertiary/aromatic N) is 1. The highest BCUT2D eigenvalue weighted by atomic mass is 16.6. The molecule has 2 fully saturated rings. The quantitative estimate of drug-likeness (QED) is 0.805. The number of piperidine rings is 1. The monoisotopic (exact) mass is 311 g/mol. The third-order valence-corrected chi connectivity index (χ3v) is 4.54. The minimum Gasteiger partial charge on any atom is -0.443 e. The number of nitrogens with two attached hydrogens (primary N) is 1. The van der Waals surface area contributed by atoms with Gasteiger partial charge in [0.1, 0.15) is 18.2 Å². The molecule has 0 radical (unpaired) electrons. The number of hydrogen-bond acceptors (Lipinski definition) is 4. The number of primary amides is 1. The molecule has 0 aromatic heterocycles. The van der Waals surface area contributed by atoms with Gasteiger partial charge in [0.2, 0.25) is 11.8 Å². The van der Waals surface area contributed by atoms with Gasteiger partial charge in [-0.05, 0) is 51.9 Å². The first-order valence-corrected chi connectivity index (χ1v) is 7.97. The maximum absolute atomic E-state index is 12.2. The van der Waals surface area contributed by atoms with Crippen molar-refractivity contribution in [2.45, 2.75) is 63.5 Å². The molecular weight excluding hydrogens is 286 g/mol. The van der Waals surface area contributed by atoms with Gasteiger partial charge in [0.25, 0.3) is 0 Å². The van der Waals surface area contributed by atoms with Gasteiger partial charge >= 0.3 is 6.09 Å². The van der Waals surface area contributed by atoms with Gasteiger partial charge in [0.15, 0.2) is 0 Å². The molecule has 22 heavy (non-hydrogen) atoms. The molecule has 2 rings (SSSR count). The van der Waals surface area contributed by atoms with Gasteiger partial charge in [0.05, 0.1) is 0 Å². The molecular formula is C15H25N3O4. The van der Waals surface area contributed by atoms with Crippen LogP contribution in [0.5, 0.6) is 0 Å². The van der Waals surface area contributed by atoms with Crippen LogP contribution < -0.4 is 11.1 Å². The van der Waals surface area contributed by atoms with Crippen LogP contribution >= 0.6 is 0 Å². The van der Waals surface area contributed by atoms with E-state index in [-0.39, 0.29) is 12.5 Å². The summed E-state index contributed by atoms with van der Waals surface area (Å²) in [6.07, 6.45) is 5.54. The molecule has 124 valence electrons. The summed E-state index contributed by atoms with van der Waals surface area (Å²) in [7, 11) is 0. The number of alkyl carbamates (subject to hydrolysis) is 1. The van der Waals surface area contributed by atoms with Crippen molar-refractivity contribution in [2.24, 2.45) is 5.73 Å². The van der Waals surface area contributed by atoms with Crippen LogP contribution in [0.3, 0.4) is 0 Å². The predicted octanol–water partition coefficient (Wildman–Crippen LogP) is 0.912. The van der Waals surface area contributed by atoms with Gasteiger partial charge in [0, 0.05) is 6.54 Å². The van der Waals surface area contributed by atoms with E-state index < -0.39 is 23.6 Å². The van der Waals surface area contributed by atoms with Crippen molar-refractivity contribution in [2.75, 3.05) is 13.1 Å². The molecule has 0 aromatic carbocycles. The molecule has 2 aliphatic rings. The SMILES string of the molecule is CC1(OC(=O)NCC(=O)N2CCCCC2C(N)=O)CCCC1. The Kier molecular flexibility index (Phi) is 5.26. The van der Waals surface area contributed by atoms with E-state index in [2.05, 4.69) is 5.32 Å². The molecule has 3 amide bonds. The lowest BCUT2D eigenvalue weighted by atomic mass is 10.0. The highest BCUT2D eigenvalue weighted by Gasteiger charge is 2.33. The predicted molar refractivity (Wildman–Crippen MR) is 79.9 cm³/mol. The van der Waals surface area contributed by atoms with Gasteiger partial charge in [-0.3, -0.25) is 9.59 Å². The van der Waals surface area contributed by atoms with E-state index in [1.807, 2.05) is 6.92 Å². The Morgan fingerprint density at radius 2 is 1.91 bits per heavy atom. The second-order valence-corrected chi connectivity index (χ2v) is 6.40. The smallest absolute Gasteiger partial charge is 0.408 e. The molecule has 1 heterocycles. The van der Waals surface area contributed by atoms with Crippen LogP contribution in [-0.2, 0) is 14.3 Å². The van der Waals surface area contributed by atoms with Crippen molar-refractivity contribution in [3.05, 3.63) is 0 Å². The van der Waals surface area contributed by atoms with Gasteiger partial charge in [-0.1, -0.05) is 0 Å². The number of carbonyl (C=O) groups is 3. The summed E-state index contributed by atoms with van der Waals surface area (Å²) < 4.78 is 5.40. The summed E-state index contributed by atoms with van der Waals surface area (Å²) in [5.74, 6) is -0.786. The fourth-order valence-electron chi connectivity index (χ4n) is 3.26. The molecule has 1 unspecified atom stereocenters. The Bertz CT molecular complexity index is 446. The average Bonchev–Trinajstić information content (AvgIpc) is 2.91. The van der Waals surface area contributed by atoms with Crippen LogP contribution in [0.2, 0.25) is 0 Å². The minimum atomic E-state index is -0.578. The Balaban J connectivity index is 1.81. The first-order chi connectivity index (χ1) is 10.4. The molecule has 3 N–H and O–H groups in total. The first kappa shape index (κ1) is 16.6. The Morgan fingerprint density at radius 1 is 1.23 bits per heavy atom. The maximum atomic E-state index is 12.2. The fraction of sp³-hybridized carbons (Fsp3) is 0.800. The van der Waals surface area contributed by atoms with Crippen molar-refractivity contribution in [3.8, 4) is 0 Å². The summed E-state index contributed by atoms with van der Waals surface area (Å²) in [6.45, 7) is 2.24. The van der Waals surface area contributed by atoms with Crippen LogP contribution in [0.4, 0.5) is 4.79 Å². The van der Waals surface area contributed by atoms with E-state index in [1.165, 1.54) is 4.90 Å². The van der Waals surface area contributed by atoms with Gasteiger partial charge in [-0.15, -0.1) is 0 Å². The third kappa shape index (κ3) is 4.11. The number of likely N-dealkylation sites (tertiary alicyclic amines) is 1. The number of amides is 3. The van der Waals surface area contributed by atoms with E-state index in [1.54, 1.807) is 0 Å². The summed E-state index contributed by atoms with van der Waals surface area (Å²) in [4.78, 5) is 36.9. The molecule has 0 spiro atoms. The lowest BCUT2D eigenvalue weighted by Gasteiger charge is -2.33. The lowest BCUT2D eigenvalue weighted by molar-refractivity contribution is -0.140. The zero-order valence-corrected chi connectivity index (χ0v) is 13.1. The summed E-state index contributed by atoms with van der Waals surface area (Å²) in [5, 5.41) is 2.49. The number of rotatable bonds is 4. The van der Waals surface area contributed by atoms with Crippen LogP contribution in [-0.4, -0.2) is 47.5 Å². The normalized spacial score (nSPS) is 23.9. The van der Waals surface area contributed by atoms with Crippen molar-refractivity contribution >= 4 is 17.9 Å². The Hall–Kier alpha value is -1.79. The topological polar surface area (TPSA) is 102 Å². The van der Waals surface area contributed by atoms with E-state index in [0.717, 1.165) is 38.5 Å².